The molecule has 1 aliphatic rings. The zero-order valence-electron chi connectivity index (χ0n) is 21.9. The predicted octanol–water partition coefficient (Wildman–Crippen LogP) is 5.91. The molecule has 0 bridgehead atoms. The van der Waals surface area contributed by atoms with Gasteiger partial charge < -0.3 is 14.6 Å². The molecular formula is C31H31NO6. The number of anilines is 1. The van der Waals surface area contributed by atoms with Crippen LogP contribution in [0.4, 0.5) is 5.69 Å². The molecule has 0 aromatic heterocycles. The van der Waals surface area contributed by atoms with Crippen LogP contribution in [-0.2, 0) is 14.3 Å². The highest BCUT2D eigenvalue weighted by Gasteiger charge is 2.47. The number of benzene rings is 3. The molecule has 4 rings (SSSR count). The first-order valence-electron chi connectivity index (χ1n) is 12.6. The lowest BCUT2D eigenvalue weighted by molar-refractivity contribution is -0.132. The molecule has 0 saturated carbocycles. The van der Waals surface area contributed by atoms with E-state index in [1.54, 1.807) is 80.6 Å². The van der Waals surface area contributed by atoms with Gasteiger partial charge in [0, 0.05) is 11.3 Å². The Kier molecular flexibility index (Phi) is 7.96. The number of nitrogens with zero attached hydrogens (tertiary/aromatic N) is 1. The van der Waals surface area contributed by atoms with Crippen molar-refractivity contribution in [1.82, 2.24) is 0 Å². The number of rotatable bonds is 8. The molecule has 3 aromatic rings. The number of hydrogen-bond acceptors (Lipinski definition) is 6. The Morgan fingerprint density at radius 1 is 0.895 bits per heavy atom. The molecule has 1 aliphatic heterocycles. The molecule has 1 unspecified atom stereocenters. The van der Waals surface area contributed by atoms with Crippen molar-refractivity contribution in [2.24, 2.45) is 5.92 Å². The van der Waals surface area contributed by atoms with E-state index < -0.39 is 23.7 Å². The Bertz CT molecular complexity index is 1360. The van der Waals surface area contributed by atoms with Gasteiger partial charge in [0.15, 0.2) is 0 Å². The van der Waals surface area contributed by atoms with Crippen molar-refractivity contribution in [3.63, 3.8) is 0 Å². The summed E-state index contributed by atoms with van der Waals surface area (Å²) in [6.07, 6.45) is -0.313. The Morgan fingerprint density at radius 2 is 1.58 bits per heavy atom. The zero-order valence-corrected chi connectivity index (χ0v) is 21.9. The summed E-state index contributed by atoms with van der Waals surface area (Å²) in [5.41, 5.74) is 1.58. The highest BCUT2D eigenvalue weighted by atomic mass is 16.5. The van der Waals surface area contributed by atoms with E-state index in [2.05, 4.69) is 0 Å². The average molecular weight is 514 g/mol. The number of amides is 1. The summed E-state index contributed by atoms with van der Waals surface area (Å²) >= 11 is 0. The minimum Gasteiger partial charge on any atom is -0.507 e. The SMILES string of the molecule is CC(C)COc1ccc(/C(O)=C2\C(=O)C(=O)N(c3cccc(C(=O)OC(C)C)c3)C2c2ccccc2)cc1. The molecule has 1 heterocycles. The van der Waals surface area contributed by atoms with Gasteiger partial charge in [0.25, 0.3) is 11.7 Å². The lowest BCUT2D eigenvalue weighted by Crippen LogP contribution is -2.29. The predicted molar refractivity (Wildman–Crippen MR) is 145 cm³/mol. The van der Waals surface area contributed by atoms with Gasteiger partial charge in [-0.3, -0.25) is 14.5 Å². The highest BCUT2D eigenvalue weighted by Crippen LogP contribution is 2.42. The van der Waals surface area contributed by atoms with Gasteiger partial charge >= 0.3 is 5.97 Å². The normalized spacial score (nSPS) is 16.8. The van der Waals surface area contributed by atoms with Gasteiger partial charge in [-0.15, -0.1) is 0 Å². The summed E-state index contributed by atoms with van der Waals surface area (Å²) in [5.74, 6) is -1.44. The van der Waals surface area contributed by atoms with E-state index in [0.29, 0.717) is 35.1 Å². The highest BCUT2D eigenvalue weighted by molar-refractivity contribution is 6.51. The van der Waals surface area contributed by atoms with Gasteiger partial charge in [-0.1, -0.05) is 50.2 Å². The van der Waals surface area contributed by atoms with E-state index in [1.165, 1.54) is 11.0 Å². The van der Waals surface area contributed by atoms with Gasteiger partial charge in [0.1, 0.15) is 11.5 Å². The Morgan fingerprint density at radius 3 is 2.21 bits per heavy atom. The summed E-state index contributed by atoms with van der Waals surface area (Å²) in [5, 5.41) is 11.3. The molecule has 1 N–H and O–H groups in total. The molecule has 38 heavy (non-hydrogen) atoms. The molecular weight excluding hydrogens is 482 g/mol. The van der Waals surface area contributed by atoms with Gasteiger partial charge in [0.05, 0.1) is 29.9 Å². The maximum atomic E-state index is 13.4. The first-order chi connectivity index (χ1) is 18.2. The number of Topliss-reactive ketones (excluding diaryl/α,β-unsaturated/α-hetero) is 1. The zero-order chi connectivity index (χ0) is 27.4. The lowest BCUT2D eigenvalue weighted by Gasteiger charge is -2.25. The second-order valence-corrected chi connectivity index (χ2v) is 9.81. The minimum absolute atomic E-state index is 0.0350. The van der Waals surface area contributed by atoms with Gasteiger partial charge in [-0.2, -0.15) is 0 Å². The van der Waals surface area contributed by atoms with Crippen molar-refractivity contribution >= 4 is 29.1 Å². The van der Waals surface area contributed by atoms with Crippen LogP contribution >= 0.6 is 0 Å². The van der Waals surface area contributed by atoms with E-state index in [9.17, 15) is 19.5 Å². The number of carbonyl (C=O) groups is 3. The topological polar surface area (TPSA) is 93.1 Å². The third-order valence-electron chi connectivity index (χ3n) is 5.97. The van der Waals surface area contributed by atoms with Gasteiger partial charge in [-0.05, 0) is 67.8 Å². The molecule has 0 spiro atoms. The summed E-state index contributed by atoms with van der Waals surface area (Å²) in [6.45, 7) is 8.14. The quantitative estimate of drug-likeness (QED) is 0.174. The number of hydrogen-bond donors (Lipinski definition) is 1. The minimum atomic E-state index is -0.899. The average Bonchev–Trinajstić information content (AvgIpc) is 3.17. The smallest absolute Gasteiger partial charge is 0.338 e. The lowest BCUT2D eigenvalue weighted by atomic mass is 9.95. The molecule has 3 aromatic carbocycles. The van der Waals surface area contributed by atoms with Crippen molar-refractivity contribution in [1.29, 1.82) is 0 Å². The van der Waals surface area contributed by atoms with Crippen LogP contribution in [-0.4, -0.2) is 35.5 Å². The second-order valence-electron chi connectivity index (χ2n) is 9.81. The van der Waals surface area contributed by atoms with Crippen LogP contribution in [0.15, 0.2) is 84.4 Å². The maximum absolute atomic E-state index is 13.4. The molecule has 0 aliphatic carbocycles. The molecule has 0 radical (unpaired) electrons. The fourth-order valence-electron chi connectivity index (χ4n) is 4.24. The number of aliphatic hydroxyl groups excluding tert-OH is 1. The van der Waals surface area contributed by atoms with Gasteiger partial charge in [-0.25, -0.2) is 4.79 Å². The summed E-state index contributed by atoms with van der Waals surface area (Å²) < 4.78 is 11.0. The van der Waals surface area contributed by atoms with E-state index in [0.717, 1.165) is 0 Å². The Balaban J connectivity index is 1.79. The van der Waals surface area contributed by atoms with Crippen molar-refractivity contribution in [3.05, 3.63) is 101 Å². The monoisotopic (exact) mass is 513 g/mol. The molecule has 7 heteroatoms. The van der Waals surface area contributed by atoms with E-state index in [-0.39, 0.29) is 23.0 Å². The van der Waals surface area contributed by atoms with Crippen molar-refractivity contribution in [2.75, 3.05) is 11.5 Å². The number of ketones is 1. The Hall–Kier alpha value is -4.39. The third kappa shape index (κ3) is 5.62. The maximum Gasteiger partial charge on any atom is 0.338 e. The van der Waals surface area contributed by atoms with Crippen LogP contribution in [0, 0.1) is 5.92 Å². The van der Waals surface area contributed by atoms with Gasteiger partial charge in [0.2, 0.25) is 0 Å². The molecule has 1 atom stereocenters. The van der Waals surface area contributed by atoms with E-state index >= 15 is 0 Å². The number of ether oxygens (including phenoxy) is 2. The standard InChI is InChI=1S/C31H31NO6/c1-19(2)18-37-25-15-13-22(14-16-25)28(33)26-27(21-9-6-5-7-10-21)32(30(35)29(26)34)24-12-8-11-23(17-24)31(36)38-20(3)4/h5-17,19-20,27,33H,18H2,1-4H3/b28-26+. The Labute approximate surface area is 222 Å². The largest absolute Gasteiger partial charge is 0.507 e. The first-order valence-corrected chi connectivity index (χ1v) is 12.6. The molecule has 7 nitrogen and oxygen atoms in total. The first kappa shape index (κ1) is 26.7. The molecule has 1 fully saturated rings. The second kappa shape index (κ2) is 11.3. The van der Waals surface area contributed by atoms with Crippen LogP contribution in [0.2, 0.25) is 0 Å². The summed E-state index contributed by atoms with van der Waals surface area (Å²) in [4.78, 5) is 40.6. The van der Waals surface area contributed by atoms with E-state index in [4.69, 9.17) is 9.47 Å². The molecule has 196 valence electrons. The number of carbonyl (C=O) groups excluding carboxylic acids is 3. The fraction of sp³-hybridized carbons (Fsp3) is 0.258. The number of esters is 1. The van der Waals surface area contributed by atoms with Crippen LogP contribution in [0.1, 0.15) is 55.2 Å². The van der Waals surface area contributed by atoms with Crippen molar-refractivity contribution in [2.45, 2.75) is 39.8 Å². The van der Waals surface area contributed by atoms with E-state index in [1.807, 2.05) is 19.9 Å². The summed E-state index contributed by atoms with van der Waals surface area (Å²) in [6, 6.07) is 21.2. The van der Waals surface area contributed by atoms with Crippen LogP contribution in [0.3, 0.4) is 0 Å². The van der Waals surface area contributed by atoms with Crippen molar-refractivity contribution in [3.8, 4) is 5.75 Å². The summed E-state index contributed by atoms with van der Waals surface area (Å²) in [7, 11) is 0. The van der Waals surface area contributed by atoms with Crippen LogP contribution in [0.5, 0.6) is 5.75 Å². The molecule has 1 amide bonds. The molecule has 1 saturated heterocycles. The van der Waals surface area contributed by atoms with Crippen LogP contribution in [0.25, 0.3) is 5.76 Å². The van der Waals surface area contributed by atoms with Crippen molar-refractivity contribution < 1.29 is 29.0 Å². The third-order valence-corrected chi connectivity index (χ3v) is 5.97. The van der Waals surface area contributed by atoms with Crippen LogP contribution < -0.4 is 9.64 Å². The number of aliphatic hydroxyl groups is 1. The fourth-order valence-corrected chi connectivity index (χ4v) is 4.24.